The maximum absolute atomic E-state index is 13.6. The van der Waals surface area contributed by atoms with Crippen LogP contribution >= 0.6 is 0 Å². The molecule has 0 radical (unpaired) electrons. The number of hydrogen-bond acceptors (Lipinski definition) is 3. The smallest absolute Gasteiger partial charge is 0.269 e. The highest BCUT2D eigenvalue weighted by Crippen LogP contribution is 2.24. The average Bonchev–Trinajstić information content (AvgIpc) is 2.71. The van der Waals surface area contributed by atoms with Gasteiger partial charge in [0.2, 0.25) is 0 Å². The Kier molecular flexibility index (Phi) is 6.94. The summed E-state index contributed by atoms with van der Waals surface area (Å²) in [6, 6.07) is 14.6. The monoisotopic (exact) mass is 394 g/mol. The third kappa shape index (κ3) is 5.84. The number of anilines is 1. The van der Waals surface area contributed by atoms with Gasteiger partial charge in [0.15, 0.2) is 0 Å². The van der Waals surface area contributed by atoms with E-state index in [0.717, 1.165) is 24.3 Å². The number of aliphatic imine (C=N–C) groups is 1. The summed E-state index contributed by atoms with van der Waals surface area (Å²) in [6.45, 7) is 7.89. The summed E-state index contributed by atoms with van der Waals surface area (Å²) < 4.78 is 19.4. The molecule has 5 heteroatoms. The van der Waals surface area contributed by atoms with E-state index in [1.54, 1.807) is 24.4 Å². The van der Waals surface area contributed by atoms with E-state index in [1.165, 1.54) is 18.2 Å². The van der Waals surface area contributed by atoms with E-state index in [-0.39, 0.29) is 23.9 Å². The second kappa shape index (κ2) is 9.61. The molecule has 0 aromatic heterocycles. The summed E-state index contributed by atoms with van der Waals surface area (Å²) >= 11 is 0. The van der Waals surface area contributed by atoms with Crippen LogP contribution in [0.1, 0.15) is 37.8 Å². The molecule has 1 saturated heterocycles. The van der Waals surface area contributed by atoms with Crippen LogP contribution in [0.15, 0.2) is 59.6 Å². The lowest BCUT2D eigenvalue weighted by molar-refractivity contribution is -0.113. The first-order valence-corrected chi connectivity index (χ1v) is 9.93. The molecule has 3 rings (SSSR count). The van der Waals surface area contributed by atoms with Crippen molar-refractivity contribution in [3.8, 4) is 0 Å². The standard InChI is InChI=1S/C24H27FN2O2/c1-17(14-26-24(28)12-11-20-7-4-5-10-23(20)25)21-8-6-9-22(13-21)27-15-18(2)29-19(3)16-27/h4-14,17-19H,15-16H2,1-3H3/b12-11+,26-14?/t17?,18-,19+. The van der Waals surface area contributed by atoms with Gasteiger partial charge in [-0.15, -0.1) is 0 Å². The highest BCUT2D eigenvalue weighted by Gasteiger charge is 2.22. The molecule has 1 fully saturated rings. The summed E-state index contributed by atoms with van der Waals surface area (Å²) in [5, 5.41) is 0. The molecule has 1 aliphatic rings. The van der Waals surface area contributed by atoms with E-state index >= 15 is 0 Å². The fraction of sp³-hybridized carbons (Fsp3) is 0.333. The Morgan fingerprint density at radius 3 is 2.62 bits per heavy atom. The van der Waals surface area contributed by atoms with Gasteiger partial charge in [-0.2, -0.15) is 0 Å². The Hall–Kier alpha value is -2.79. The van der Waals surface area contributed by atoms with Crippen LogP contribution in [0, 0.1) is 5.82 Å². The lowest BCUT2D eigenvalue weighted by atomic mass is 10.0. The first-order chi connectivity index (χ1) is 13.9. The normalized spacial score (nSPS) is 21.0. The number of amides is 1. The molecule has 1 amide bonds. The minimum absolute atomic E-state index is 0.0170. The van der Waals surface area contributed by atoms with Gasteiger partial charge in [0.1, 0.15) is 5.82 Å². The van der Waals surface area contributed by atoms with Crippen molar-refractivity contribution >= 4 is 23.9 Å². The van der Waals surface area contributed by atoms with Crippen LogP contribution in [0.25, 0.3) is 6.08 Å². The lowest BCUT2D eigenvalue weighted by Gasteiger charge is -2.37. The van der Waals surface area contributed by atoms with Crippen LogP contribution in [0.5, 0.6) is 0 Å². The van der Waals surface area contributed by atoms with E-state index in [0.29, 0.717) is 5.56 Å². The van der Waals surface area contributed by atoms with Crippen molar-refractivity contribution in [3.63, 3.8) is 0 Å². The number of morpholine rings is 1. The molecule has 0 N–H and O–H groups in total. The number of rotatable bonds is 5. The molecule has 1 heterocycles. The Balaban J connectivity index is 1.65. The molecule has 2 aromatic carbocycles. The molecule has 0 spiro atoms. The molecule has 3 atom stereocenters. The molecule has 1 unspecified atom stereocenters. The Bertz CT molecular complexity index is 899. The minimum atomic E-state index is -0.410. The van der Waals surface area contributed by atoms with E-state index in [4.69, 9.17) is 4.74 Å². The molecule has 0 bridgehead atoms. The van der Waals surface area contributed by atoms with Crippen LogP contribution in [0.4, 0.5) is 10.1 Å². The molecule has 1 aliphatic heterocycles. The van der Waals surface area contributed by atoms with Crippen molar-refractivity contribution in [1.29, 1.82) is 0 Å². The van der Waals surface area contributed by atoms with E-state index in [1.807, 2.05) is 19.1 Å². The molecular weight excluding hydrogens is 367 g/mol. The van der Waals surface area contributed by atoms with Gasteiger partial charge in [-0.25, -0.2) is 9.38 Å². The van der Waals surface area contributed by atoms with Gasteiger partial charge < -0.3 is 9.64 Å². The molecular formula is C24H27FN2O2. The van der Waals surface area contributed by atoms with Gasteiger partial charge in [-0.3, -0.25) is 4.79 Å². The number of carbonyl (C=O) groups excluding carboxylic acids is 1. The van der Waals surface area contributed by atoms with Crippen LogP contribution in [0.2, 0.25) is 0 Å². The van der Waals surface area contributed by atoms with Gasteiger partial charge in [0.25, 0.3) is 5.91 Å². The van der Waals surface area contributed by atoms with Crippen molar-refractivity contribution in [2.75, 3.05) is 18.0 Å². The number of benzene rings is 2. The summed E-state index contributed by atoms with van der Waals surface area (Å²) in [7, 11) is 0. The quantitative estimate of drug-likeness (QED) is 0.538. The second-order valence-corrected chi connectivity index (χ2v) is 7.52. The summed E-state index contributed by atoms with van der Waals surface area (Å²) in [6.07, 6.45) is 4.76. The maximum atomic E-state index is 13.6. The van der Waals surface area contributed by atoms with Gasteiger partial charge in [0, 0.05) is 42.5 Å². The first-order valence-electron chi connectivity index (χ1n) is 9.93. The third-order valence-electron chi connectivity index (χ3n) is 4.92. The fourth-order valence-electron chi connectivity index (χ4n) is 3.48. The largest absolute Gasteiger partial charge is 0.372 e. The molecule has 4 nitrogen and oxygen atoms in total. The van der Waals surface area contributed by atoms with Gasteiger partial charge in [-0.05, 0) is 43.7 Å². The minimum Gasteiger partial charge on any atom is -0.372 e. The second-order valence-electron chi connectivity index (χ2n) is 7.52. The SMILES string of the molecule is CC(C=NC(=O)/C=C/c1ccccc1F)c1cccc(N2C[C@@H](C)O[C@@H](C)C2)c1. The molecule has 2 aromatic rings. The highest BCUT2D eigenvalue weighted by molar-refractivity contribution is 5.97. The van der Waals surface area contributed by atoms with Crippen molar-refractivity contribution in [2.45, 2.75) is 38.9 Å². The summed E-state index contributed by atoms with van der Waals surface area (Å²) in [5.41, 5.74) is 2.60. The molecule has 29 heavy (non-hydrogen) atoms. The molecule has 0 aliphatic carbocycles. The van der Waals surface area contributed by atoms with Crippen molar-refractivity contribution < 1.29 is 13.9 Å². The van der Waals surface area contributed by atoms with Crippen LogP contribution in [0.3, 0.4) is 0 Å². The van der Waals surface area contributed by atoms with Crippen molar-refractivity contribution in [1.82, 2.24) is 0 Å². The fourth-order valence-corrected chi connectivity index (χ4v) is 3.48. The predicted octanol–water partition coefficient (Wildman–Crippen LogP) is 4.85. The number of ether oxygens (including phenoxy) is 1. The topological polar surface area (TPSA) is 41.9 Å². The number of hydrogen-bond donors (Lipinski definition) is 0. The zero-order valence-electron chi connectivity index (χ0n) is 17.1. The Morgan fingerprint density at radius 2 is 1.90 bits per heavy atom. The van der Waals surface area contributed by atoms with Gasteiger partial charge in [0.05, 0.1) is 12.2 Å². The van der Waals surface area contributed by atoms with E-state index < -0.39 is 5.91 Å². The lowest BCUT2D eigenvalue weighted by Crippen LogP contribution is -2.45. The van der Waals surface area contributed by atoms with Crippen molar-refractivity contribution in [2.24, 2.45) is 4.99 Å². The van der Waals surface area contributed by atoms with Crippen LogP contribution < -0.4 is 4.90 Å². The summed E-state index contributed by atoms with van der Waals surface area (Å²) in [5.74, 6) is -0.791. The van der Waals surface area contributed by atoms with Crippen molar-refractivity contribution in [3.05, 3.63) is 71.6 Å². The highest BCUT2D eigenvalue weighted by atomic mass is 19.1. The van der Waals surface area contributed by atoms with Gasteiger partial charge >= 0.3 is 0 Å². The Labute approximate surface area is 171 Å². The van der Waals surface area contributed by atoms with Crippen LogP contribution in [-0.4, -0.2) is 37.4 Å². The number of halogens is 1. The van der Waals surface area contributed by atoms with E-state index in [2.05, 4.69) is 35.9 Å². The average molecular weight is 394 g/mol. The molecule has 0 saturated carbocycles. The molecule has 152 valence electrons. The predicted molar refractivity (Wildman–Crippen MR) is 116 cm³/mol. The maximum Gasteiger partial charge on any atom is 0.269 e. The number of carbonyl (C=O) groups is 1. The zero-order valence-corrected chi connectivity index (χ0v) is 17.1. The van der Waals surface area contributed by atoms with E-state index in [9.17, 15) is 9.18 Å². The first kappa shape index (κ1) is 20.9. The number of nitrogens with zero attached hydrogens (tertiary/aromatic N) is 2. The van der Waals surface area contributed by atoms with Gasteiger partial charge in [-0.1, -0.05) is 37.3 Å². The summed E-state index contributed by atoms with van der Waals surface area (Å²) in [4.78, 5) is 18.4. The zero-order chi connectivity index (χ0) is 20.8. The third-order valence-corrected chi connectivity index (χ3v) is 4.92. The van der Waals surface area contributed by atoms with Crippen LogP contribution in [-0.2, 0) is 9.53 Å². The Morgan fingerprint density at radius 1 is 1.17 bits per heavy atom.